The molecule has 0 aromatic carbocycles. The van der Waals surface area contributed by atoms with Crippen LogP contribution in [0, 0.1) is 16.7 Å². The van der Waals surface area contributed by atoms with Crippen LogP contribution in [-0.2, 0) is 4.74 Å². The molecule has 0 radical (unpaired) electrons. The van der Waals surface area contributed by atoms with E-state index in [2.05, 4.69) is 11.4 Å². The van der Waals surface area contributed by atoms with E-state index < -0.39 is 0 Å². The summed E-state index contributed by atoms with van der Waals surface area (Å²) in [5.41, 5.74) is 6.78. The first kappa shape index (κ1) is 15.9. The highest BCUT2D eigenvalue weighted by Gasteiger charge is 2.42. The normalized spacial score (nSPS) is 15.8. The highest BCUT2D eigenvalue weighted by Crippen LogP contribution is 2.50. The zero-order valence-corrected chi connectivity index (χ0v) is 13.7. The first-order valence-corrected chi connectivity index (χ1v) is 8.05. The Morgan fingerprint density at radius 2 is 2.19 bits per heavy atom. The molecule has 1 aliphatic carbocycles. The maximum absolute atomic E-state index is 9.13. The van der Waals surface area contributed by atoms with Crippen molar-refractivity contribution in [1.82, 2.24) is 0 Å². The fourth-order valence-electron chi connectivity index (χ4n) is 2.26. The number of hydrogen-bond donors (Lipinski definition) is 2. The molecule has 1 aliphatic rings. The molecule has 1 fully saturated rings. The van der Waals surface area contributed by atoms with Crippen LogP contribution in [0.2, 0.25) is 0 Å². The van der Waals surface area contributed by atoms with Crippen LogP contribution in [-0.4, -0.2) is 26.4 Å². The van der Waals surface area contributed by atoms with Crippen LogP contribution in [0.5, 0.6) is 5.75 Å². The van der Waals surface area contributed by atoms with Gasteiger partial charge in [-0.05, 0) is 38.5 Å². The molecule has 5 nitrogen and oxygen atoms in total. The Bertz CT molecular complexity index is 530. The second kappa shape index (κ2) is 6.54. The molecule has 1 aromatic rings. The van der Waals surface area contributed by atoms with Gasteiger partial charge in [-0.25, -0.2) is 0 Å². The quantitative estimate of drug-likeness (QED) is 0.770. The summed E-state index contributed by atoms with van der Waals surface area (Å²) >= 11 is 1.37. The van der Waals surface area contributed by atoms with Crippen molar-refractivity contribution in [2.24, 2.45) is 5.41 Å². The number of methoxy groups -OCH3 is 1. The average molecular weight is 309 g/mol. The Labute approximate surface area is 130 Å². The van der Waals surface area contributed by atoms with E-state index in [9.17, 15) is 0 Å². The van der Waals surface area contributed by atoms with Gasteiger partial charge in [-0.1, -0.05) is 0 Å². The highest BCUT2D eigenvalue weighted by molar-refractivity contribution is 7.17. The summed E-state index contributed by atoms with van der Waals surface area (Å²) in [5.74, 6) is 0.620. The second-order valence-electron chi connectivity index (χ2n) is 5.88. The maximum atomic E-state index is 9.13. The molecular weight excluding hydrogens is 286 g/mol. The average Bonchev–Trinajstić information content (AvgIpc) is 3.17. The predicted octanol–water partition coefficient (Wildman–Crippen LogP) is 3.22. The molecule has 116 valence electrons. The summed E-state index contributed by atoms with van der Waals surface area (Å²) in [6.45, 7) is 5.56. The van der Waals surface area contributed by atoms with Crippen LogP contribution in [0.3, 0.4) is 0 Å². The summed E-state index contributed by atoms with van der Waals surface area (Å²) < 4.78 is 10.9. The fourth-order valence-corrected chi connectivity index (χ4v) is 3.11. The van der Waals surface area contributed by atoms with Crippen LogP contribution >= 0.6 is 11.3 Å². The monoisotopic (exact) mass is 309 g/mol. The summed E-state index contributed by atoms with van der Waals surface area (Å²) in [6.07, 6.45) is 3.52. The Kier molecular flexibility index (Phi) is 4.96. The minimum Gasteiger partial charge on any atom is -0.486 e. The van der Waals surface area contributed by atoms with Gasteiger partial charge in [0.05, 0.1) is 6.10 Å². The van der Waals surface area contributed by atoms with E-state index in [0.29, 0.717) is 21.7 Å². The standard InChI is InChI=1S/C15H23N3O2S/c1-10(2)20-13-12(17)11(8-16)21-14(13)18-9-15(4-5-15)6-7-19-3/h10,18H,4-7,9,17H2,1-3H3. The number of hydrogen-bond acceptors (Lipinski definition) is 6. The molecule has 1 aromatic heterocycles. The predicted molar refractivity (Wildman–Crippen MR) is 85.9 cm³/mol. The van der Waals surface area contributed by atoms with Crippen molar-refractivity contribution in [2.45, 2.75) is 39.2 Å². The smallest absolute Gasteiger partial charge is 0.178 e. The molecule has 1 heterocycles. The zero-order chi connectivity index (χ0) is 15.5. The molecule has 0 saturated heterocycles. The van der Waals surface area contributed by atoms with E-state index >= 15 is 0 Å². The second-order valence-corrected chi connectivity index (χ2v) is 6.90. The van der Waals surface area contributed by atoms with Crippen LogP contribution < -0.4 is 15.8 Å². The third-order valence-corrected chi connectivity index (χ3v) is 4.82. The maximum Gasteiger partial charge on any atom is 0.178 e. The van der Waals surface area contributed by atoms with Crippen LogP contribution in [0.4, 0.5) is 10.7 Å². The number of nitrogens with two attached hydrogens (primary N) is 1. The van der Waals surface area contributed by atoms with Gasteiger partial charge in [-0.3, -0.25) is 0 Å². The van der Waals surface area contributed by atoms with E-state index in [1.54, 1.807) is 7.11 Å². The van der Waals surface area contributed by atoms with Crippen molar-refractivity contribution in [1.29, 1.82) is 5.26 Å². The molecule has 21 heavy (non-hydrogen) atoms. The van der Waals surface area contributed by atoms with Gasteiger partial charge in [0.25, 0.3) is 0 Å². The van der Waals surface area contributed by atoms with Gasteiger partial charge in [0.1, 0.15) is 21.6 Å². The number of ether oxygens (including phenoxy) is 2. The van der Waals surface area contributed by atoms with Crippen molar-refractivity contribution in [3.05, 3.63) is 4.88 Å². The Morgan fingerprint density at radius 1 is 1.48 bits per heavy atom. The third-order valence-electron chi connectivity index (χ3n) is 3.77. The van der Waals surface area contributed by atoms with E-state index in [1.807, 2.05) is 13.8 Å². The molecule has 0 amide bonds. The Morgan fingerprint density at radius 3 is 2.71 bits per heavy atom. The van der Waals surface area contributed by atoms with E-state index in [1.165, 1.54) is 24.2 Å². The minimum atomic E-state index is 0.0253. The minimum absolute atomic E-state index is 0.0253. The van der Waals surface area contributed by atoms with Crippen LogP contribution in [0.15, 0.2) is 0 Å². The molecule has 6 heteroatoms. The van der Waals surface area contributed by atoms with Crippen molar-refractivity contribution >= 4 is 22.0 Å². The lowest BCUT2D eigenvalue weighted by molar-refractivity contribution is 0.175. The lowest BCUT2D eigenvalue weighted by atomic mass is 10.0. The van der Waals surface area contributed by atoms with Gasteiger partial charge in [-0.15, -0.1) is 11.3 Å². The number of anilines is 2. The summed E-state index contributed by atoms with van der Waals surface area (Å²) in [4.78, 5) is 0.509. The molecular formula is C15H23N3O2S. The summed E-state index contributed by atoms with van der Waals surface area (Å²) in [5, 5.41) is 13.4. The topological polar surface area (TPSA) is 80.3 Å². The lowest BCUT2D eigenvalue weighted by Crippen LogP contribution is -2.17. The zero-order valence-electron chi connectivity index (χ0n) is 12.9. The van der Waals surface area contributed by atoms with Crippen molar-refractivity contribution in [3.8, 4) is 11.8 Å². The molecule has 1 saturated carbocycles. The molecule has 2 rings (SSSR count). The van der Waals surface area contributed by atoms with E-state index in [-0.39, 0.29) is 6.10 Å². The van der Waals surface area contributed by atoms with Crippen molar-refractivity contribution in [2.75, 3.05) is 31.3 Å². The Hall–Kier alpha value is -1.45. The molecule has 0 aliphatic heterocycles. The number of nitrogens with zero attached hydrogens (tertiary/aromatic N) is 1. The van der Waals surface area contributed by atoms with Crippen molar-refractivity contribution in [3.63, 3.8) is 0 Å². The first-order chi connectivity index (χ1) is 10.0. The number of rotatable bonds is 8. The number of nitrogen functional groups attached to an aromatic ring is 1. The number of nitrogens with one attached hydrogen (secondary N) is 1. The van der Waals surface area contributed by atoms with Crippen LogP contribution in [0.25, 0.3) is 0 Å². The summed E-state index contributed by atoms with van der Waals surface area (Å²) in [7, 11) is 1.73. The van der Waals surface area contributed by atoms with Gasteiger partial charge in [0, 0.05) is 20.3 Å². The summed E-state index contributed by atoms with van der Waals surface area (Å²) in [6, 6.07) is 2.13. The molecule has 0 atom stereocenters. The molecule has 3 N–H and O–H groups in total. The lowest BCUT2D eigenvalue weighted by Gasteiger charge is -2.17. The molecule has 0 spiro atoms. The largest absolute Gasteiger partial charge is 0.486 e. The van der Waals surface area contributed by atoms with Crippen LogP contribution in [0.1, 0.15) is 38.0 Å². The fraction of sp³-hybridized carbons (Fsp3) is 0.667. The van der Waals surface area contributed by atoms with Gasteiger partial charge < -0.3 is 20.5 Å². The highest BCUT2D eigenvalue weighted by atomic mass is 32.1. The van der Waals surface area contributed by atoms with Gasteiger partial charge >= 0.3 is 0 Å². The van der Waals surface area contributed by atoms with Gasteiger partial charge in [0.2, 0.25) is 0 Å². The number of thiophene rings is 1. The van der Waals surface area contributed by atoms with Gasteiger partial charge in [-0.2, -0.15) is 5.26 Å². The first-order valence-electron chi connectivity index (χ1n) is 7.23. The SMILES string of the molecule is COCCC1(CNc2sc(C#N)c(N)c2OC(C)C)CC1. The molecule has 0 unspecified atom stereocenters. The molecule has 0 bridgehead atoms. The Balaban J connectivity index is 2.07. The van der Waals surface area contributed by atoms with Gasteiger partial charge in [0.15, 0.2) is 5.75 Å². The van der Waals surface area contributed by atoms with E-state index in [4.69, 9.17) is 20.5 Å². The van der Waals surface area contributed by atoms with Crippen molar-refractivity contribution < 1.29 is 9.47 Å². The number of nitriles is 1. The third kappa shape index (κ3) is 3.80. The van der Waals surface area contributed by atoms with E-state index in [0.717, 1.165) is 24.6 Å².